The monoisotopic (exact) mass is 496 g/mol. The number of alkyl halides is 5. The van der Waals surface area contributed by atoms with E-state index in [1.807, 2.05) is 4.90 Å². The van der Waals surface area contributed by atoms with Crippen molar-refractivity contribution in [2.24, 2.45) is 5.41 Å². The lowest BCUT2D eigenvalue weighted by Crippen LogP contribution is -2.42. The first kappa shape index (κ1) is 23.6. The molecule has 0 atom stereocenters. The molecule has 2 aliphatic rings. The lowest BCUT2D eigenvalue weighted by Gasteiger charge is -2.39. The minimum Gasteiger partial charge on any atom is -0.356 e. The average molecular weight is 496 g/mol. The molecule has 2 fully saturated rings. The maximum atomic E-state index is 13.2. The molecule has 0 radical (unpaired) electrons. The van der Waals surface area contributed by atoms with Crippen molar-refractivity contribution in [3.8, 4) is 0 Å². The first-order chi connectivity index (χ1) is 16.5. The number of hydrogen-bond donors (Lipinski definition) is 0. The highest BCUT2D eigenvalue weighted by molar-refractivity contribution is 5.74. The van der Waals surface area contributed by atoms with Crippen molar-refractivity contribution in [2.75, 3.05) is 36.0 Å². The van der Waals surface area contributed by atoms with E-state index >= 15 is 0 Å². The van der Waals surface area contributed by atoms with E-state index in [0.717, 1.165) is 25.3 Å². The Kier molecular flexibility index (Phi) is 5.75. The fourth-order valence-corrected chi connectivity index (χ4v) is 5.10. The van der Waals surface area contributed by atoms with E-state index in [2.05, 4.69) is 29.9 Å². The predicted molar refractivity (Wildman–Crippen MR) is 119 cm³/mol. The molecule has 0 saturated carbocycles. The van der Waals surface area contributed by atoms with Gasteiger partial charge in [0.05, 0.1) is 11.9 Å². The standard InChI is InChI=1S/C22H25F5N8/c1-13-19-20(35(32-13)11-16(23)24)31-18(10-28-19)33-6-3-21(4-7-33)5-8-34(12-21)17-9-15(22(25,26)27)29-14(2)30-17/h9-10,16H,3-8,11-12H2,1-2H3. The Morgan fingerprint density at radius 1 is 0.971 bits per heavy atom. The highest BCUT2D eigenvalue weighted by Gasteiger charge is 2.42. The zero-order valence-corrected chi connectivity index (χ0v) is 19.4. The number of anilines is 2. The van der Waals surface area contributed by atoms with Gasteiger partial charge in [0.25, 0.3) is 6.43 Å². The van der Waals surface area contributed by atoms with Gasteiger partial charge in [-0.2, -0.15) is 18.3 Å². The zero-order chi connectivity index (χ0) is 25.0. The Balaban J connectivity index is 1.30. The SMILES string of the molecule is Cc1nc(N2CCC3(CCN(c4cnc5c(C)nn(CC(F)F)c5n4)CC3)C2)cc(C(F)(F)F)n1. The molecule has 0 N–H and O–H groups in total. The molecule has 1 spiro atoms. The van der Waals surface area contributed by atoms with E-state index in [1.165, 1.54) is 11.6 Å². The fraction of sp³-hybridized carbons (Fsp3) is 0.591. The van der Waals surface area contributed by atoms with Gasteiger partial charge in [0.2, 0.25) is 0 Å². The van der Waals surface area contributed by atoms with E-state index in [-0.39, 0.29) is 11.2 Å². The topological polar surface area (TPSA) is 75.9 Å². The van der Waals surface area contributed by atoms with Crippen LogP contribution in [0.3, 0.4) is 0 Å². The quantitative estimate of drug-likeness (QED) is 0.505. The van der Waals surface area contributed by atoms with E-state index in [1.54, 1.807) is 13.1 Å². The van der Waals surface area contributed by atoms with Gasteiger partial charge in [-0.05, 0) is 38.5 Å². The summed E-state index contributed by atoms with van der Waals surface area (Å²) in [7, 11) is 0. The van der Waals surface area contributed by atoms with Crippen LogP contribution < -0.4 is 9.80 Å². The van der Waals surface area contributed by atoms with Crippen LogP contribution in [-0.2, 0) is 12.7 Å². The largest absolute Gasteiger partial charge is 0.433 e. The van der Waals surface area contributed by atoms with Crippen LogP contribution in [0.25, 0.3) is 11.2 Å². The van der Waals surface area contributed by atoms with E-state index in [0.29, 0.717) is 54.7 Å². The van der Waals surface area contributed by atoms with Crippen molar-refractivity contribution in [1.82, 2.24) is 29.7 Å². The summed E-state index contributed by atoms with van der Waals surface area (Å²) < 4.78 is 66.7. The van der Waals surface area contributed by atoms with Gasteiger partial charge < -0.3 is 9.80 Å². The van der Waals surface area contributed by atoms with Gasteiger partial charge >= 0.3 is 6.18 Å². The summed E-state index contributed by atoms with van der Waals surface area (Å²) in [6.07, 6.45) is -2.91. The summed E-state index contributed by atoms with van der Waals surface area (Å²) >= 11 is 0. The summed E-state index contributed by atoms with van der Waals surface area (Å²) in [6, 6.07) is 1.02. The lowest BCUT2D eigenvalue weighted by molar-refractivity contribution is -0.141. The second-order valence-corrected chi connectivity index (χ2v) is 9.37. The minimum atomic E-state index is -4.52. The van der Waals surface area contributed by atoms with Gasteiger partial charge in [-0.25, -0.2) is 33.4 Å². The number of rotatable bonds is 4. The molecule has 2 saturated heterocycles. The highest BCUT2D eigenvalue weighted by Crippen LogP contribution is 2.43. The van der Waals surface area contributed by atoms with Crippen LogP contribution in [0.5, 0.6) is 0 Å². The van der Waals surface area contributed by atoms with Crippen molar-refractivity contribution < 1.29 is 22.0 Å². The number of hydrogen-bond acceptors (Lipinski definition) is 7. The first-order valence-electron chi connectivity index (χ1n) is 11.4. The minimum absolute atomic E-state index is 0.0285. The first-order valence-corrected chi connectivity index (χ1v) is 11.4. The maximum absolute atomic E-state index is 13.2. The number of aryl methyl sites for hydroxylation is 2. The molecule has 3 aromatic heterocycles. The summed E-state index contributed by atoms with van der Waals surface area (Å²) in [5, 5.41) is 4.15. The van der Waals surface area contributed by atoms with Crippen molar-refractivity contribution in [1.29, 1.82) is 0 Å². The van der Waals surface area contributed by atoms with Crippen molar-refractivity contribution in [3.05, 3.63) is 29.5 Å². The number of nitrogens with zero attached hydrogens (tertiary/aromatic N) is 8. The number of fused-ring (bicyclic) bond motifs is 1. The molecule has 188 valence electrons. The molecule has 3 aromatic rings. The summed E-state index contributed by atoms with van der Waals surface area (Å²) in [5.41, 5.74) is 0.446. The Morgan fingerprint density at radius 2 is 1.66 bits per heavy atom. The molecule has 5 heterocycles. The van der Waals surface area contributed by atoms with Crippen LogP contribution in [0.1, 0.15) is 36.5 Å². The summed E-state index contributed by atoms with van der Waals surface area (Å²) in [6.45, 7) is 5.27. The van der Waals surface area contributed by atoms with Crippen molar-refractivity contribution in [3.63, 3.8) is 0 Å². The zero-order valence-electron chi connectivity index (χ0n) is 19.4. The van der Waals surface area contributed by atoms with Crippen LogP contribution in [0.4, 0.5) is 33.6 Å². The Bertz CT molecular complexity index is 1230. The van der Waals surface area contributed by atoms with Crippen LogP contribution in [-0.4, -0.2) is 62.3 Å². The second-order valence-electron chi connectivity index (χ2n) is 9.37. The molecule has 0 aromatic carbocycles. The van der Waals surface area contributed by atoms with Crippen LogP contribution in [0.2, 0.25) is 0 Å². The number of halogens is 5. The van der Waals surface area contributed by atoms with Crippen LogP contribution in [0, 0.1) is 19.3 Å². The molecule has 8 nitrogen and oxygen atoms in total. The average Bonchev–Trinajstić information content (AvgIpc) is 3.34. The highest BCUT2D eigenvalue weighted by atomic mass is 19.4. The van der Waals surface area contributed by atoms with E-state index in [4.69, 9.17) is 0 Å². The van der Waals surface area contributed by atoms with E-state index < -0.39 is 24.8 Å². The Hall–Kier alpha value is -3.12. The van der Waals surface area contributed by atoms with Crippen molar-refractivity contribution in [2.45, 2.75) is 52.3 Å². The molecule has 0 aliphatic carbocycles. The molecule has 0 amide bonds. The van der Waals surface area contributed by atoms with Gasteiger partial charge in [-0.1, -0.05) is 0 Å². The molecular weight excluding hydrogens is 471 g/mol. The van der Waals surface area contributed by atoms with Gasteiger partial charge in [-0.15, -0.1) is 0 Å². The van der Waals surface area contributed by atoms with Crippen molar-refractivity contribution >= 4 is 22.8 Å². The van der Waals surface area contributed by atoms with Crippen LogP contribution >= 0.6 is 0 Å². The van der Waals surface area contributed by atoms with Gasteiger partial charge in [0.1, 0.15) is 35.2 Å². The summed E-state index contributed by atoms with van der Waals surface area (Å²) in [4.78, 5) is 20.8. The number of aromatic nitrogens is 6. The Morgan fingerprint density at radius 3 is 2.31 bits per heavy atom. The van der Waals surface area contributed by atoms with E-state index in [9.17, 15) is 22.0 Å². The summed E-state index contributed by atoms with van der Waals surface area (Å²) in [5.74, 6) is 1.02. The number of piperidine rings is 1. The maximum Gasteiger partial charge on any atom is 0.433 e. The molecule has 0 bridgehead atoms. The second kappa shape index (κ2) is 8.52. The predicted octanol–water partition coefficient (Wildman–Crippen LogP) is 4.01. The van der Waals surface area contributed by atoms with Gasteiger partial charge in [0.15, 0.2) is 5.65 Å². The van der Waals surface area contributed by atoms with Gasteiger partial charge in [-0.3, -0.25) is 0 Å². The third kappa shape index (κ3) is 4.59. The Labute approximate surface area is 198 Å². The fourth-order valence-electron chi connectivity index (χ4n) is 5.10. The van der Waals surface area contributed by atoms with Crippen LogP contribution in [0.15, 0.2) is 12.3 Å². The molecular formula is C22H25F5N8. The third-order valence-corrected chi connectivity index (χ3v) is 6.94. The molecule has 0 unspecified atom stereocenters. The lowest BCUT2D eigenvalue weighted by atomic mass is 9.78. The third-order valence-electron chi connectivity index (χ3n) is 6.94. The molecule has 2 aliphatic heterocycles. The normalized spacial score (nSPS) is 18.4. The smallest absolute Gasteiger partial charge is 0.356 e. The van der Waals surface area contributed by atoms with Gasteiger partial charge in [0, 0.05) is 32.2 Å². The molecule has 13 heteroatoms. The molecule has 35 heavy (non-hydrogen) atoms. The molecule has 5 rings (SSSR count).